The highest BCUT2D eigenvalue weighted by atomic mass is 16.8. The summed E-state index contributed by atoms with van der Waals surface area (Å²) in [6, 6.07) is 16.4. The van der Waals surface area contributed by atoms with Gasteiger partial charge in [-0.2, -0.15) is 0 Å². The number of ketones is 1. The maximum atomic E-state index is 13.5. The number of fused-ring (bicyclic) bond motifs is 6. The average molecular weight is 368 g/mol. The highest BCUT2D eigenvalue weighted by Gasteiger charge is 2.57. The predicted molar refractivity (Wildman–Crippen MR) is 100 cm³/mol. The Morgan fingerprint density at radius 3 is 2.71 bits per heavy atom. The van der Waals surface area contributed by atoms with Crippen LogP contribution < -0.4 is 4.90 Å². The largest absolute Gasteiger partial charge is 0.507 e. The standard InChI is InChI=1S/C22H12N2O4/c25-16-10-8-13-5-3-7-15-18(13)19(16)20-21(24(27)28-23-20)22(15)14-6-2-1-4-12(14)9-11-17(22)26/h1-11,25H. The quantitative estimate of drug-likeness (QED) is 0.482. The number of nitrogens with zero attached hydrogens (tertiary/aromatic N) is 2. The van der Waals surface area contributed by atoms with Crippen molar-refractivity contribution in [3.63, 3.8) is 0 Å². The lowest BCUT2D eigenvalue weighted by Gasteiger charge is -2.36. The Kier molecular flexibility index (Phi) is 2.63. The molecule has 3 aromatic carbocycles. The van der Waals surface area contributed by atoms with Gasteiger partial charge in [0, 0.05) is 10.5 Å². The molecule has 2 aliphatic carbocycles. The summed E-state index contributed by atoms with van der Waals surface area (Å²) in [5, 5.41) is 28.8. The zero-order chi connectivity index (χ0) is 19.0. The van der Waals surface area contributed by atoms with Crippen LogP contribution in [0.5, 0.6) is 5.75 Å². The Hall–Kier alpha value is -3.93. The maximum absolute atomic E-state index is 13.5. The van der Waals surface area contributed by atoms with Crippen LogP contribution in [0, 0.1) is 5.21 Å². The lowest BCUT2D eigenvalue weighted by atomic mass is 9.61. The van der Waals surface area contributed by atoms with Crippen molar-refractivity contribution in [1.29, 1.82) is 0 Å². The summed E-state index contributed by atoms with van der Waals surface area (Å²) in [5.41, 5.74) is 1.46. The molecule has 2 aliphatic rings. The number of rotatable bonds is 0. The van der Waals surface area contributed by atoms with E-state index in [2.05, 4.69) is 5.16 Å². The number of allylic oxidation sites excluding steroid dienone is 1. The van der Waals surface area contributed by atoms with Crippen molar-refractivity contribution in [2.75, 3.05) is 0 Å². The molecule has 0 aliphatic heterocycles. The summed E-state index contributed by atoms with van der Waals surface area (Å²) in [5.74, 6) is -0.265. The number of benzene rings is 3. The summed E-state index contributed by atoms with van der Waals surface area (Å²) >= 11 is 0. The van der Waals surface area contributed by atoms with Crippen LogP contribution in [0.1, 0.15) is 22.4 Å². The highest BCUT2D eigenvalue weighted by Crippen LogP contribution is 2.54. The molecule has 28 heavy (non-hydrogen) atoms. The van der Waals surface area contributed by atoms with Crippen LogP contribution in [0.4, 0.5) is 0 Å². The average Bonchev–Trinajstić information content (AvgIpc) is 3.10. The van der Waals surface area contributed by atoms with Gasteiger partial charge in [-0.3, -0.25) is 9.42 Å². The van der Waals surface area contributed by atoms with Crippen molar-refractivity contribution in [3.05, 3.63) is 88.3 Å². The molecular formula is C22H12N2O4. The number of aromatic hydroxyl groups is 1. The summed E-state index contributed by atoms with van der Waals surface area (Å²) in [6.45, 7) is 0. The molecule has 1 N–H and O–H groups in total. The first kappa shape index (κ1) is 15.2. The van der Waals surface area contributed by atoms with Crippen LogP contribution in [0.15, 0.2) is 65.3 Å². The van der Waals surface area contributed by atoms with Gasteiger partial charge in [0.05, 0.1) is 5.56 Å². The molecule has 134 valence electrons. The van der Waals surface area contributed by atoms with E-state index in [0.717, 1.165) is 10.9 Å². The highest BCUT2D eigenvalue weighted by molar-refractivity contribution is 6.16. The van der Waals surface area contributed by atoms with Gasteiger partial charge in [-0.25, -0.2) is 0 Å². The fourth-order valence-corrected chi connectivity index (χ4v) is 4.70. The Morgan fingerprint density at radius 2 is 1.82 bits per heavy atom. The second kappa shape index (κ2) is 4.86. The molecule has 0 radical (unpaired) electrons. The molecule has 0 saturated heterocycles. The van der Waals surface area contributed by atoms with Gasteiger partial charge in [0.15, 0.2) is 11.2 Å². The van der Waals surface area contributed by atoms with Gasteiger partial charge in [-0.05, 0) is 39.1 Å². The minimum absolute atomic E-state index is 0.0166. The fourth-order valence-electron chi connectivity index (χ4n) is 4.70. The second-order valence-electron chi connectivity index (χ2n) is 7.03. The fraction of sp³-hybridized carbons (Fsp3) is 0.0455. The molecule has 6 nitrogen and oxygen atoms in total. The maximum Gasteiger partial charge on any atom is 0.257 e. The Morgan fingerprint density at radius 1 is 1.00 bits per heavy atom. The summed E-state index contributed by atoms with van der Waals surface area (Å²) < 4.78 is 4.95. The number of phenolic OH excluding ortho intramolecular Hbond substituents is 1. The van der Waals surface area contributed by atoms with Gasteiger partial charge in [-0.15, -0.1) is 0 Å². The van der Waals surface area contributed by atoms with E-state index in [-0.39, 0.29) is 27.8 Å². The SMILES string of the molecule is O=C1C=Cc2ccccc2C12c1cccc3ccc(O)c(c13)-c1no[n+]([O-])c12. The van der Waals surface area contributed by atoms with Gasteiger partial charge < -0.3 is 10.3 Å². The van der Waals surface area contributed by atoms with E-state index in [4.69, 9.17) is 4.63 Å². The van der Waals surface area contributed by atoms with Crippen molar-refractivity contribution >= 4 is 22.6 Å². The molecule has 1 heterocycles. The molecular weight excluding hydrogens is 356 g/mol. The Balaban J connectivity index is 1.93. The van der Waals surface area contributed by atoms with Gasteiger partial charge >= 0.3 is 0 Å². The lowest BCUT2D eigenvalue weighted by Crippen LogP contribution is -2.49. The topological polar surface area (TPSA) is 90.3 Å². The van der Waals surface area contributed by atoms with E-state index in [0.29, 0.717) is 22.1 Å². The van der Waals surface area contributed by atoms with Gasteiger partial charge in [0.2, 0.25) is 5.69 Å². The van der Waals surface area contributed by atoms with E-state index >= 15 is 0 Å². The third-order valence-corrected chi connectivity index (χ3v) is 5.78. The third kappa shape index (κ3) is 1.53. The van der Waals surface area contributed by atoms with Crippen LogP contribution >= 0.6 is 0 Å². The molecule has 0 amide bonds. The molecule has 1 atom stereocenters. The van der Waals surface area contributed by atoms with Crippen molar-refractivity contribution in [3.8, 4) is 17.0 Å². The van der Waals surface area contributed by atoms with E-state index in [1.807, 2.05) is 42.5 Å². The van der Waals surface area contributed by atoms with Gasteiger partial charge in [0.1, 0.15) is 5.75 Å². The number of phenols is 1. The summed E-state index contributed by atoms with van der Waals surface area (Å²) in [7, 11) is 0. The first-order chi connectivity index (χ1) is 13.6. The molecule has 6 heteroatoms. The van der Waals surface area contributed by atoms with E-state index < -0.39 is 5.41 Å². The van der Waals surface area contributed by atoms with Crippen LogP contribution in [0.3, 0.4) is 0 Å². The van der Waals surface area contributed by atoms with Crippen LogP contribution in [0.25, 0.3) is 28.1 Å². The van der Waals surface area contributed by atoms with Crippen molar-refractivity contribution < 1.29 is 19.4 Å². The molecule has 4 aromatic rings. The van der Waals surface area contributed by atoms with Gasteiger partial charge in [0.25, 0.3) is 5.69 Å². The Labute approximate surface area is 158 Å². The molecule has 0 saturated carbocycles. The molecule has 0 bridgehead atoms. The normalized spacial score (nSPS) is 19.1. The first-order valence-corrected chi connectivity index (χ1v) is 8.82. The number of aromatic nitrogens is 2. The van der Waals surface area contributed by atoms with Gasteiger partial charge in [-0.1, -0.05) is 54.6 Å². The summed E-state index contributed by atoms with van der Waals surface area (Å²) in [6.07, 6.45) is 3.25. The molecule has 1 aromatic heterocycles. The zero-order valence-corrected chi connectivity index (χ0v) is 14.4. The van der Waals surface area contributed by atoms with Crippen molar-refractivity contribution in [1.82, 2.24) is 5.16 Å². The number of hydrogen-bond acceptors (Lipinski definition) is 5. The zero-order valence-electron chi connectivity index (χ0n) is 14.4. The minimum Gasteiger partial charge on any atom is -0.507 e. The predicted octanol–water partition coefficient (Wildman–Crippen LogP) is 3.08. The van der Waals surface area contributed by atoms with E-state index in [9.17, 15) is 15.1 Å². The van der Waals surface area contributed by atoms with Crippen molar-refractivity contribution in [2.45, 2.75) is 5.41 Å². The number of carbonyl (C=O) groups excluding carboxylic acids is 1. The smallest absolute Gasteiger partial charge is 0.257 e. The summed E-state index contributed by atoms with van der Waals surface area (Å²) in [4.78, 5) is 13.8. The lowest BCUT2D eigenvalue weighted by molar-refractivity contribution is -0.809. The number of carbonyl (C=O) groups is 1. The number of hydrogen-bond donors (Lipinski definition) is 1. The first-order valence-electron chi connectivity index (χ1n) is 8.82. The molecule has 0 fully saturated rings. The minimum atomic E-state index is -1.39. The second-order valence-corrected chi connectivity index (χ2v) is 7.03. The van der Waals surface area contributed by atoms with Crippen LogP contribution in [0.2, 0.25) is 0 Å². The van der Waals surface area contributed by atoms with E-state index in [1.165, 1.54) is 6.08 Å². The van der Waals surface area contributed by atoms with Crippen LogP contribution in [-0.2, 0) is 10.2 Å². The third-order valence-electron chi connectivity index (χ3n) is 5.78. The Bertz CT molecular complexity index is 1370. The monoisotopic (exact) mass is 368 g/mol. The molecule has 6 rings (SSSR count). The molecule has 1 unspecified atom stereocenters. The molecule has 1 spiro atoms. The van der Waals surface area contributed by atoms with E-state index in [1.54, 1.807) is 18.2 Å². The van der Waals surface area contributed by atoms with Crippen LogP contribution in [-0.4, -0.2) is 16.0 Å². The van der Waals surface area contributed by atoms with Crippen molar-refractivity contribution in [2.24, 2.45) is 0 Å².